The van der Waals surface area contributed by atoms with E-state index < -0.39 is 27.8 Å². The number of aryl methyl sites for hydroxylation is 1. The number of carbonyl (C=O) groups is 1. The number of hydrogen-bond donors (Lipinski definition) is 1. The molecule has 10 heteroatoms. The summed E-state index contributed by atoms with van der Waals surface area (Å²) in [5.41, 5.74) is 3.19. The number of nitrogens with one attached hydrogen (secondary N) is 1. The van der Waals surface area contributed by atoms with Gasteiger partial charge in [0.2, 0.25) is 10.0 Å². The average molecular weight is 537 g/mol. The quantitative estimate of drug-likeness (QED) is 0.355. The van der Waals surface area contributed by atoms with Gasteiger partial charge in [0.25, 0.3) is 5.91 Å². The van der Waals surface area contributed by atoms with E-state index in [1.54, 1.807) is 30.6 Å². The van der Waals surface area contributed by atoms with Gasteiger partial charge in [0.1, 0.15) is 12.1 Å². The molecule has 0 bridgehead atoms. The summed E-state index contributed by atoms with van der Waals surface area (Å²) in [6, 6.07) is 16.6. The minimum absolute atomic E-state index is 0.0802. The van der Waals surface area contributed by atoms with Crippen LogP contribution in [0.1, 0.15) is 39.5 Å². The SMILES string of the molecule is O=C(c1cccc(F)c1)N(Cc1cncnc1)c1ccc2c(c1)C(NS(=O)(=O)c1cccc(Cl)c1)CC2. The molecule has 5 rings (SSSR count). The number of hydrogen-bond acceptors (Lipinski definition) is 5. The van der Waals surface area contributed by atoms with Crippen LogP contribution in [-0.4, -0.2) is 24.3 Å². The van der Waals surface area contributed by atoms with Crippen LogP contribution in [-0.2, 0) is 23.0 Å². The Morgan fingerprint density at radius 1 is 1.05 bits per heavy atom. The van der Waals surface area contributed by atoms with Crippen LogP contribution in [0.2, 0.25) is 5.02 Å². The summed E-state index contributed by atoms with van der Waals surface area (Å²) >= 11 is 6.00. The predicted octanol–water partition coefficient (Wildman–Crippen LogP) is 5.08. The van der Waals surface area contributed by atoms with E-state index in [2.05, 4.69) is 14.7 Å². The van der Waals surface area contributed by atoms with Gasteiger partial charge < -0.3 is 4.90 Å². The molecule has 1 atom stereocenters. The molecule has 4 aromatic rings. The molecule has 1 amide bonds. The number of rotatable bonds is 7. The van der Waals surface area contributed by atoms with E-state index in [-0.39, 0.29) is 17.0 Å². The lowest BCUT2D eigenvalue weighted by atomic mass is 10.1. The Morgan fingerprint density at radius 3 is 2.59 bits per heavy atom. The topological polar surface area (TPSA) is 92.3 Å². The maximum Gasteiger partial charge on any atom is 0.258 e. The van der Waals surface area contributed by atoms with Crippen LogP contribution in [0, 0.1) is 5.82 Å². The first-order chi connectivity index (χ1) is 17.8. The highest BCUT2D eigenvalue weighted by molar-refractivity contribution is 7.89. The molecule has 188 valence electrons. The van der Waals surface area contributed by atoms with E-state index in [1.165, 1.54) is 41.6 Å². The standard InChI is InChI=1S/C27H22ClFN4O3S/c28-21-4-2-6-24(12-21)37(35,36)32-26-10-8-19-7-9-23(13-25(19)26)33(16-18-14-30-17-31-15-18)27(34)20-3-1-5-22(29)11-20/h1-7,9,11-15,17,26,32H,8,10,16H2. The van der Waals surface area contributed by atoms with Gasteiger partial charge in [-0.3, -0.25) is 4.79 Å². The van der Waals surface area contributed by atoms with Crippen molar-refractivity contribution < 1.29 is 17.6 Å². The first kappa shape index (κ1) is 25.0. The summed E-state index contributed by atoms with van der Waals surface area (Å²) in [4.78, 5) is 23.2. The molecule has 0 fully saturated rings. The van der Waals surface area contributed by atoms with Gasteiger partial charge in [-0.15, -0.1) is 0 Å². The smallest absolute Gasteiger partial charge is 0.258 e. The largest absolute Gasteiger partial charge is 0.304 e. The second-order valence-corrected chi connectivity index (χ2v) is 10.9. The highest BCUT2D eigenvalue weighted by Gasteiger charge is 2.29. The molecule has 3 aromatic carbocycles. The van der Waals surface area contributed by atoms with Gasteiger partial charge in [-0.05, 0) is 72.5 Å². The molecular weight excluding hydrogens is 515 g/mol. The Hall–Kier alpha value is -3.66. The number of anilines is 1. The van der Waals surface area contributed by atoms with Gasteiger partial charge in [-0.1, -0.05) is 29.8 Å². The van der Waals surface area contributed by atoms with Crippen molar-refractivity contribution in [2.75, 3.05) is 4.90 Å². The van der Waals surface area contributed by atoms with Gasteiger partial charge >= 0.3 is 0 Å². The van der Waals surface area contributed by atoms with Crippen molar-refractivity contribution in [3.8, 4) is 0 Å². The number of nitrogens with zero attached hydrogens (tertiary/aromatic N) is 3. The molecule has 0 saturated carbocycles. The van der Waals surface area contributed by atoms with Crippen LogP contribution >= 0.6 is 11.6 Å². The first-order valence-electron chi connectivity index (χ1n) is 11.5. The maximum absolute atomic E-state index is 13.9. The first-order valence-corrected chi connectivity index (χ1v) is 13.4. The van der Waals surface area contributed by atoms with Crippen LogP contribution in [0.15, 0.2) is 90.3 Å². The van der Waals surface area contributed by atoms with E-state index >= 15 is 0 Å². The number of aromatic nitrogens is 2. The summed E-state index contributed by atoms with van der Waals surface area (Å²) < 4.78 is 42.8. The van der Waals surface area contributed by atoms with E-state index in [9.17, 15) is 17.6 Å². The zero-order chi connectivity index (χ0) is 26.0. The number of amides is 1. The van der Waals surface area contributed by atoms with Crippen molar-refractivity contribution in [1.82, 2.24) is 14.7 Å². The molecule has 37 heavy (non-hydrogen) atoms. The van der Waals surface area contributed by atoms with Gasteiger partial charge in [-0.2, -0.15) is 0 Å². The van der Waals surface area contributed by atoms with Gasteiger partial charge in [0.05, 0.1) is 11.4 Å². The fourth-order valence-electron chi connectivity index (χ4n) is 4.42. The molecule has 1 N–H and O–H groups in total. The normalized spacial score (nSPS) is 14.8. The molecule has 0 aliphatic heterocycles. The van der Waals surface area contributed by atoms with Gasteiger partial charge in [0.15, 0.2) is 0 Å². The van der Waals surface area contributed by atoms with Crippen molar-refractivity contribution in [2.45, 2.75) is 30.3 Å². The van der Waals surface area contributed by atoms with E-state index in [0.717, 1.165) is 11.1 Å². The Kier molecular flexibility index (Phi) is 7.01. The van der Waals surface area contributed by atoms with Crippen molar-refractivity contribution in [1.29, 1.82) is 0 Å². The molecule has 1 aromatic heterocycles. The number of carbonyl (C=O) groups excluding carboxylic acids is 1. The highest BCUT2D eigenvalue weighted by Crippen LogP contribution is 2.36. The third-order valence-corrected chi connectivity index (χ3v) is 7.90. The summed E-state index contributed by atoms with van der Waals surface area (Å²) in [5.74, 6) is -0.921. The van der Waals surface area contributed by atoms with E-state index in [4.69, 9.17) is 11.6 Å². The van der Waals surface area contributed by atoms with Crippen molar-refractivity contribution >= 4 is 33.2 Å². The Morgan fingerprint density at radius 2 is 1.84 bits per heavy atom. The van der Waals surface area contributed by atoms with Crippen molar-refractivity contribution in [3.63, 3.8) is 0 Å². The third-order valence-electron chi connectivity index (χ3n) is 6.19. The maximum atomic E-state index is 13.9. The van der Waals surface area contributed by atoms with Crippen molar-refractivity contribution in [2.24, 2.45) is 0 Å². The Labute approximate surface area is 219 Å². The van der Waals surface area contributed by atoms with Gasteiger partial charge in [-0.25, -0.2) is 27.5 Å². The van der Waals surface area contributed by atoms with Crippen LogP contribution in [0.5, 0.6) is 0 Å². The lowest BCUT2D eigenvalue weighted by molar-refractivity contribution is 0.0984. The van der Waals surface area contributed by atoms with Crippen LogP contribution in [0.4, 0.5) is 10.1 Å². The van der Waals surface area contributed by atoms with Crippen LogP contribution in [0.25, 0.3) is 0 Å². The fraction of sp³-hybridized carbons (Fsp3) is 0.148. The summed E-state index contributed by atoms with van der Waals surface area (Å²) in [6.45, 7) is 0.147. The van der Waals surface area contributed by atoms with E-state index in [0.29, 0.717) is 29.1 Å². The molecular formula is C27H22ClFN4O3S. The van der Waals surface area contributed by atoms with E-state index in [1.807, 2.05) is 18.2 Å². The Bertz CT molecular complexity index is 1570. The summed E-state index contributed by atoms with van der Waals surface area (Å²) in [5, 5.41) is 0.327. The van der Waals surface area contributed by atoms with Crippen LogP contribution < -0.4 is 9.62 Å². The minimum atomic E-state index is -3.83. The number of halogens is 2. The third kappa shape index (κ3) is 5.53. The lowest BCUT2D eigenvalue weighted by Gasteiger charge is -2.24. The monoisotopic (exact) mass is 536 g/mol. The zero-order valence-corrected chi connectivity index (χ0v) is 21.1. The molecule has 7 nitrogen and oxygen atoms in total. The molecule has 1 heterocycles. The van der Waals surface area contributed by atoms with Gasteiger partial charge in [0, 0.05) is 40.3 Å². The number of fused-ring (bicyclic) bond motifs is 1. The van der Waals surface area contributed by atoms with Crippen LogP contribution in [0.3, 0.4) is 0 Å². The molecule has 1 unspecified atom stereocenters. The molecule has 1 aliphatic rings. The predicted molar refractivity (Wildman–Crippen MR) is 138 cm³/mol. The average Bonchev–Trinajstić information content (AvgIpc) is 3.29. The second kappa shape index (κ2) is 10.4. The second-order valence-electron chi connectivity index (χ2n) is 8.70. The lowest BCUT2D eigenvalue weighted by Crippen LogP contribution is -2.31. The fourth-order valence-corrected chi connectivity index (χ4v) is 5.97. The molecule has 0 spiro atoms. The highest BCUT2D eigenvalue weighted by atomic mass is 35.5. The number of sulfonamides is 1. The number of benzene rings is 3. The van der Waals surface area contributed by atoms with Crippen molar-refractivity contribution in [3.05, 3.63) is 119 Å². The summed E-state index contributed by atoms with van der Waals surface area (Å²) in [6.07, 6.45) is 5.86. The molecule has 0 saturated heterocycles. The Balaban J connectivity index is 1.49. The zero-order valence-electron chi connectivity index (χ0n) is 19.5. The summed E-state index contributed by atoms with van der Waals surface area (Å²) in [7, 11) is -3.83. The minimum Gasteiger partial charge on any atom is -0.304 e. The molecule has 1 aliphatic carbocycles. The molecule has 0 radical (unpaired) electrons.